The van der Waals surface area contributed by atoms with E-state index in [0.29, 0.717) is 23.2 Å². The first kappa shape index (κ1) is 17.0. The van der Waals surface area contributed by atoms with Crippen molar-refractivity contribution in [1.82, 2.24) is 16.2 Å². The molecule has 23 heavy (non-hydrogen) atoms. The van der Waals surface area contributed by atoms with E-state index < -0.39 is 0 Å². The van der Waals surface area contributed by atoms with Gasteiger partial charge in [-0.25, -0.2) is 0 Å². The first-order valence-electron chi connectivity index (χ1n) is 7.01. The Hall–Kier alpha value is -2.32. The van der Waals surface area contributed by atoms with Gasteiger partial charge in [0.1, 0.15) is 0 Å². The molecule has 1 aliphatic rings. The SMILES string of the molecule is COC[C@H](C)NC(=S)NNC(=O)/C=C/c1ccc2c(c1)OCO2. The zero-order valence-corrected chi connectivity index (χ0v) is 13.7. The smallest absolute Gasteiger partial charge is 0.262 e. The number of thiocarbonyl (C=S) groups is 1. The summed E-state index contributed by atoms with van der Waals surface area (Å²) in [6.45, 7) is 2.65. The maximum Gasteiger partial charge on any atom is 0.262 e. The summed E-state index contributed by atoms with van der Waals surface area (Å²) < 4.78 is 15.5. The van der Waals surface area contributed by atoms with Gasteiger partial charge in [0.15, 0.2) is 16.6 Å². The van der Waals surface area contributed by atoms with Gasteiger partial charge in [-0.3, -0.25) is 15.6 Å². The highest BCUT2D eigenvalue weighted by Crippen LogP contribution is 2.32. The molecule has 1 aliphatic heterocycles. The first-order chi connectivity index (χ1) is 11.1. The third-order valence-electron chi connectivity index (χ3n) is 2.92. The summed E-state index contributed by atoms with van der Waals surface area (Å²) in [7, 11) is 1.61. The number of methoxy groups -OCH3 is 1. The predicted octanol–water partition coefficient (Wildman–Crippen LogP) is 0.959. The van der Waals surface area contributed by atoms with Crippen LogP contribution in [0.5, 0.6) is 11.5 Å². The minimum atomic E-state index is -0.328. The topological polar surface area (TPSA) is 80.9 Å². The average molecular weight is 337 g/mol. The van der Waals surface area contributed by atoms with E-state index in [0.717, 1.165) is 5.56 Å². The van der Waals surface area contributed by atoms with Crippen LogP contribution in [0.25, 0.3) is 6.08 Å². The number of hydrogen-bond acceptors (Lipinski definition) is 5. The molecule has 0 bridgehead atoms. The number of carbonyl (C=O) groups is 1. The molecule has 0 aromatic heterocycles. The zero-order valence-electron chi connectivity index (χ0n) is 12.9. The number of amides is 1. The van der Waals surface area contributed by atoms with Gasteiger partial charge in [-0.05, 0) is 42.9 Å². The van der Waals surface area contributed by atoms with Gasteiger partial charge >= 0.3 is 0 Å². The second-order valence-electron chi connectivity index (χ2n) is 4.89. The number of hydrazine groups is 1. The van der Waals surface area contributed by atoms with Gasteiger partial charge in [-0.1, -0.05) is 6.07 Å². The summed E-state index contributed by atoms with van der Waals surface area (Å²) in [5, 5.41) is 3.28. The summed E-state index contributed by atoms with van der Waals surface area (Å²) >= 11 is 5.05. The minimum Gasteiger partial charge on any atom is -0.454 e. The van der Waals surface area contributed by atoms with Crippen molar-refractivity contribution in [3.05, 3.63) is 29.8 Å². The number of benzene rings is 1. The summed E-state index contributed by atoms with van der Waals surface area (Å²) in [4.78, 5) is 11.7. The molecule has 1 aromatic rings. The highest BCUT2D eigenvalue weighted by Gasteiger charge is 2.12. The van der Waals surface area contributed by atoms with Gasteiger partial charge < -0.3 is 19.5 Å². The Morgan fingerprint density at radius 2 is 2.17 bits per heavy atom. The molecule has 1 aromatic carbocycles. The second-order valence-corrected chi connectivity index (χ2v) is 5.30. The first-order valence-corrected chi connectivity index (χ1v) is 7.42. The molecule has 1 atom stereocenters. The molecule has 1 heterocycles. The molecule has 0 radical (unpaired) electrons. The molecular weight excluding hydrogens is 318 g/mol. The van der Waals surface area contributed by atoms with Crippen molar-refractivity contribution in [2.24, 2.45) is 0 Å². The molecule has 3 N–H and O–H groups in total. The largest absolute Gasteiger partial charge is 0.454 e. The average Bonchev–Trinajstić information content (AvgIpc) is 2.98. The number of carbonyl (C=O) groups excluding carboxylic acids is 1. The van der Waals surface area contributed by atoms with Crippen LogP contribution in [0, 0.1) is 0 Å². The molecule has 8 heteroatoms. The lowest BCUT2D eigenvalue weighted by Gasteiger charge is -2.15. The molecule has 7 nitrogen and oxygen atoms in total. The highest BCUT2D eigenvalue weighted by atomic mass is 32.1. The van der Waals surface area contributed by atoms with Gasteiger partial charge in [-0.15, -0.1) is 0 Å². The molecule has 2 rings (SSSR count). The molecule has 0 saturated carbocycles. The molecule has 0 aliphatic carbocycles. The van der Waals surface area contributed by atoms with Crippen LogP contribution in [0.3, 0.4) is 0 Å². The van der Waals surface area contributed by atoms with Crippen LogP contribution >= 0.6 is 12.2 Å². The van der Waals surface area contributed by atoms with Crippen LogP contribution in [-0.4, -0.2) is 37.6 Å². The fourth-order valence-corrected chi connectivity index (χ4v) is 2.15. The number of rotatable bonds is 5. The zero-order chi connectivity index (χ0) is 16.7. The van der Waals surface area contributed by atoms with Gasteiger partial charge in [0.05, 0.1) is 6.61 Å². The van der Waals surface area contributed by atoms with E-state index in [1.807, 2.05) is 13.0 Å². The van der Waals surface area contributed by atoms with E-state index in [1.165, 1.54) is 6.08 Å². The Balaban J connectivity index is 1.77. The summed E-state index contributed by atoms with van der Waals surface area (Å²) in [6.07, 6.45) is 3.06. The lowest BCUT2D eigenvalue weighted by Crippen LogP contribution is -2.49. The number of hydrogen-bond donors (Lipinski definition) is 3. The number of fused-ring (bicyclic) bond motifs is 1. The van der Waals surface area contributed by atoms with Gasteiger partial charge in [-0.2, -0.15) is 0 Å². The van der Waals surface area contributed by atoms with E-state index in [2.05, 4.69) is 16.2 Å². The highest BCUT2D eigenvalue weighted by molar-refractivity contribution is 7.80. The van der Waals surface area contributed by atoms with Gasteiger partial charge in [0, 0.05) is 19.2 Å². The van der Waals surface area contributed by atoms with Crippen molar-refractivity contribution < 1.29 is 19.0 Å². The molecule has 0 saturated heterocycles. The van der Waals surface area contributed by atoms with Gasteiger partial charge in [0.2, 0.25) is 6.79 Å². The van der Waals surface area contributed by atoms with Crippen molar-refractivity contribution in [3.63, 3.8) is 0 Å². The van der Waals surface area contributed by atoms with Crippen LogP contribution in [0.15, 0.2) is 24.3 Å². The maximum absolute atomic E-state index is 11.7. The lowest BCUT2D eigenvalue weighted by molar-refractivity contribution is -0.116. The Morgan fingerprint density at radius 1 is 1.39 bits per heavy atom. The van der Waals surface area contributed by atoms with Crippen molar-refractivity contribution in [2.45, 2.75) is 13.0 Å². The molecule has 0 fully saturated rings. The second kappa shape index (κ2) is 8.35. The minimum absolute atomic E-state index is 0.0427. The monoisotopic (exact) mass is 337 g/mol. The van der Waals surface area contributed by atoms with Crippen LogP contribution in [0.4, 0.5) is 0 Å². The van der Waals surface area contributed by atoms with Crippen molar-refractivity contribution in [2.75, 3.05) is 20.5 Å². The number of nitrogens with one attached hydrogen (secondary N) is 3. The van der Waals surface area contributed by atoms with Crippen LogP contribution in [0.2, 0.25) is 0 Å². The van der Waals surface area contributed by atoms with E-state index in [9.17, 15) is 4.79 Å². The van der Waals surface area contributed by atoms with Crippen molar-refractivity contribution in [3.8, 4) is 11.5 Å². The fourth-order valence-electron chi connectivity index (χ4n) is 1.90. The van der Waals surface area contributed by atoms with E-state index in [-0.39, 0.29) is 18.7 Å². The predicted molar refractivity (Wildman–Crippen MR) is 89.9 cm³/mol. The van der Waals surface area contributed by atoms with E-state index >= 15 is 0 Å². The van der Waals surface area contributed by atoms with Crippen molar-refractivity contribution in [1.29, 1.82) is 0 Å². The van der Waals surface area contributed by atoms with E-state index in [1.54, 1.807) is 25.3 Å². The third-order valence-corrected chi connectivity index (χ3v) is 3.14. The van der Waals surface area contributed by atoms with Crippen molar-refractivity contribution >= 4 is 29.3 Å². The Bertz CT molecular complexity index is 606. The summed E-state index contributed by atoms with van der Waals surface area (Å²) in [6, 6.07) is 5.48. The Morgan fingerprint density at radius 3 is 2.96 bits per heavy atom. The van der Waals surface area contributed by atoms with Gasteiger partial charge in [0.25, 0.3) is 5.91 Å². The molecule has 0 unspecified atom stereocenters. The Labute approximate surface area is 140 Å². The van der Waals surface area contributed by atoms with Crippen LogP contribution in [0.1, 0.15) is 12.5 Å². The molecule has 1 amide bonds. The maximum atomic E-state index is 11.7. The fraction of sp³-hybridized carbons (Fsp3) is 0.333. The van der Waals surface area contributed by atoms with Crippen LogP contribution in [-0.2, 0) is 9.53 Å². The van der Waals surface area contributed by atoms with E-state index in [4.69, 9.17) is 26.4 Å². The van der Waals surface area contributed by atoms with Crippen LogP contribution < -0.4 is 25.6 Å². The molecular formula is C15H19N3O4S. The molecule has 124 valence electrons. The summed E-state index contributed by atoms with van der Waals surface area (Å²) in [5.74, 6) is 1.05. The normalized spacial score (nSPS) is 13.7. The lowest BCUT2D eigenvalue weighted by atomic mass is 10.2. The summed E-state index contributed by atoms with van der Waals surface area (Å²) in [5.41, 5.74) is 5.93. The Kier molecular flexibility index (Phi) is 6.19. The molecule has 0 spiro atoms. The third kappa shape index (κ3) is 5.42. The quantitative estimate of drug-likeness (QED) is 0.419. The standard InChI is InChI=1S/C15H19N3O4S/c1-10(8-20-2)16-15(23)18-17-14(19)6-4-11-3-5-12-13(7-11)22-9-21-12/h3-7,10H,8-9H2,1-2H3,(H,17,19)(H2,16,18,23)/b6-4+/t10-/m0/s1. The number of ether oxygens (including phenoxy) is 3.